The number of ketones is 1. The molecule has 160 valence electrons. The normalized spacial score (nSPS) is 15.6. The summed E-state index contributed by atoms with van der Waals surface area (Å²) in [4.78, 5) is 40.4. The van der Waals surface area contributed by atoms with E-state index in [2.05, 4.69) is 24.3 Å². The van der Waals surface area contributed by atoms with E-state index in [4.69, 9.17) is 4.74 Å². The van der Waals surface area contributed by atoms with E-state index in [1.807, 2.05) is 19.1 Å². The molecule has 1 amide bonds. The van der Waals surface area contributed by atoms with E-state index < -0.39 is 12.1 Å². The molecule has 1 aromatic carbocycles. The van der Waals surface area contributed by atoms with Gasteiger partial charge < -0.3 is 9.64 Å². The Kier molecular flexibility index (Phi) is 7.80. The molecule has 6 heteroatoms. The van der Waals surface area contributed by atoms with Crippen LogP contribution in [0.1, 0.15) is 52.7 Å². The Hall–Kier alpha value is -2.47. The van der Waals surface area contributed by atoms with Gasteiger partial charge in [0.2, 0.25) is 0 Å². The highest BCUT2D eigenvalue weighted by atomic mass is 32.1. The standard InChI is InChI=1S/C24H29NO4S/c1-17-8-10-22(30-17)21(26)9-11-23(27)29-18(2)24(28)25-14-12-20(13-15-25)16-19-6-4-3-5-7-19/h3-8,10,18,20H,9,11-16H2,1-2H3. The molecule has 1 fully saturated rings. The predicted octanol–water partition coefficient (Wildman–Crippen LogP) is 4.43. The Bertz CT molecular complexity index is 868. The number of piperidine rings is 1. The van der Waals surface area contributed by atoms with Crippen molar-refractivity contribution in [1.82, 2.24) is 4.90 Å². The van der Waals surface area contributed by atoms with Gasteiger partial charge in [-0.1, -0.05) is 30.3 Å². The lowest BCUT2D eigenvalue weighted by atomic mass is 9.90. The van der Waals surface area contributed by atoms with Crippen molar-refractivity contribution in [3.8, 4) is 0 Å². The number of likely N-dealkylation sites (tertiary alicyclic amines) is 1. The van der Waals surface area contributed by atoms with Gasteiger partial charge in [0.15, 0.2) is 11.9 Å². The van der Waals surface area contributed by atoms with Crippen LogP contribution in [-0.2, 0) is 20.7 Å². The number of carbonyl (C=O) groups excluding carboxylic acids is 3. The molecule has 5 nitrogen and oxygen atoms in total. The fourth-order valence-electron chi connectivity index (χ4n) is 3.79. The maximum absolute atomic E-state index is 12.6. The van der Waals surface area contributed by atoms with Crippen LogP contribution in [0, 0.1) is 12.8 Å². The van der Waals surface area contributed by atoms with Crippen LogP contribution in [-0.4, -0.2) is 41.8 Å². The summed E-state index contributed by atoms with van der Waals surface area (Å²) in [5.41, 5.74) is 1.33. The summed E-state index contributed by atoms with van der Waals surface area (Å²) >= 11 is 1.42. The molecule has 0 saturated carbocycles. The molecule has 0 N–H and O–H groups in total. The smallest absolute Gasteiger partial charge is 0.307 e. The van der Waals surface area contributed by atoms with Crippen LogP contribution in [0.25, 0.3) is 0 Å². The van der Waals surface area contributed by atoms with Crippen molar-refractivity contribution in [2.75, 3.05) is 13.1 Å². The molecule has 1 unspecified atom stereocenters. The number of aryl methyl sites for hydroxylation is 1. The molecule has 1 aromatic heterocycles. The Balaban J connectivity index is 1.39. The number of hydrogen-bond donors (Lipinski definition) is 0. The van der Waals surface area contributed by atoms with Crippen molar-refractivity contribution in [1.29, 1.82) is 0 Å². The van der Waals surface area contributed by atoms with Crippen molar-refractivity contribution >= 4 is 29.0 Å². The number of benzene rings is 1. The summed E-state index contributed by atoms with van der Waals surface area (Å²) in [5, 5.41) is 0. The van der Waals surface area contributed by atoms with Crippen LogP contribution in [0.2, 0.25) is 0 Å². The highest BCUT2D eigenvalue weighted by Crippen LogP contribution is 2.22. The number of rotatable bonds is 8. The molecule has 0 bridgehead atoms. The molecule has 0 aliphatic carbocycles. The summed E-state index contributed by atoms with van der Waals surface area (Å²) in [6.45, 7) is 4.93. The average Bonchev–Trinajstić information content (AvgIpc) is 3.19. The van der Waals surface area contributed by atoms with Gasteiger partial charge in [0.1, 0.15) is 0 Å². The summed E-state index contributed by atoms with van der Waals surface area (Å²) < 4.78 is 5.30. The van der Waals surface area contributed by atoms with Crippen LogP contribution in [0.5, 0.6) is 0 Å². The minimum Gasteiger partial charge on any atom is -0.453 e. The topological polar surface area (TPSA) is 63.7 Å². The zero-order chi connectivity index (χ0) is 21.5. The number of thiophene rings is 1. The van der Waals surface area contributed by atoms with Gasteiger partial charge in [-0.3, -0.25) is 14.4 Å². The number of ether oxygens (including phenoxy) is 1. The van der Waals surface area contributed by atoms with Gasteiger partial charge in [0, 0.05) is 24.4 Å². The number of carbonyl (C=O) groups is 3. The number of amides is 1. The van der Waals surface area contributed by atoms with Crippen LogP contribution in [0.3, 0.4) is 0 Å². The van der Waals surface area contributed by atoms with E-state index in [9.17, 15) is 14.4 Å². The SMILES string of the molecule is Cc1ccc(C(=O)CCC(=O)OC(C)C(=O)N2CCC(Cc3ccccc3)CC2)s1. The number of hydrogen-bond acceptors (Lipinski definition) is 5. The number of nitrogens with zero attached hydrogens (tertiary/aromatic N) is 1. The molecule has 2 aromatic rings. The van der Waals surface area contributed by atoms with Crippen molar-refractivity contribution < 1.29 is 19.1 Å². The first-order chi connectivity index (χ1) is 14.4. The summed E-state index contributed by atoms with van der Waals surface area (Å²) in [6.07, 6.45) is 2.22. The van der Waals surface area contributed by atoms with E-state index in [0.29, 0.717) is 23.9 Å². The third-order valence-electron chi connectivity index (χ3n) is 5.52. The van der Waals surface area contributed by atoms with Gasteiger partial charge in [-0.15, -0.1) is 11.3 Å². The Morgan fingerprint density at radius 2 is 1.77 bits per heavy atom. The molecular formula is C24H29NO4S. The molecule has 1 saturated heterocycles. The summed E-state index contributed by atoms with van der Waals surface area (Å²) in [7, 11) is 0. The van der Waals surface area contributed by atoms with Crippen LogP contribution >= 0.6 is 11.3 Å². The quantitative estimate of drug-likeness (QED) is 0.462. The molecule has 3 rings (SSSR count). The minimum absolute atomic E-state index is 0.00739. The molecule has 1 aliphatic rings. The van der Waals surface area contributed by atoms with Gasteiger partial charge in [-0.2, -0.15) is 0 Å². The second kappa shape index (κ2) is 10.5. The fraction of sp³-hybridized carbons (Fsp3) is 0.458. The van der Waals surface area contributed by atoms with Gasteiger partial charge >= 0.3 is 5.97 Å². The third-order valence-corrected chi connectivity index (χ3v) is 6.56. The van der Waals surface area contributed by atoms with E-state index >= 15 is 0 Å². The summed E-state index contributed by atoms with van der Waals surface area (Å²) in [6, 6.07) is 14.1. The highest BCUT2D eigenvalue weighted by Gasteiger charge is 2.28. The van der Waals surface area contributed by atoms with Crippen LogP contribution in [0.15, 0.2) is 42.5 Å². The van der Waals surface area contributed by atoms with Crippen LogP contribution in [0.4, 0.5) is 0 Å². The monoisotopic (exact) mass is 427 g/mol. The number of Topliss-reactive ketones (excluding diaryl/α,β-unsaturated/α-hetero) is 1. The van der Waals surface area contributed by atoms with E-state index in [1.165, 1.54) is 16.9 Å². The Morgan fingerprint density at radius 1 is 1.07 bits per heavy atom. The predicted molar refractivity (Wildman–Crippen MR) is 118 cm³/mol. The summed E-state index contributed by atoms with van der Waals surface area (Å²) in [5.74, 6) is -0.149. The van der Waals surface area contributed by atoms with Gasteiger partial charge in [0.25, 0.3) is 5.91 Å². The van der Waals surface area contributed by atoms with Gasteiger partial charge in [0.05, 0.1) is 11.3 Å². The zero-order valence-electron chi connectivity index (χ0n) is 17.6. The first-order valence-electron chi connectivity index (χ1n) is 10.5. The third kappa shape index (κ3) is 6.26. The molecule has 2 heterocycles. The van der Waals surface area contributed by atoms with Crippen molar-refractivity contribution in [2.45, 2.75) is 52.1 Å². The maximum Gasteiger partial charge on any atom is 0.307 e. The highest BCUT2D eigenvalue weighted by molar-refractivity contribution is 7.14. The lowest BCUT2D eigenvalue weighted by Crippen LogP contribution is -2.44. The second-order valence-electron chi connectivity index (χ2n) is 7.92. The first-order valence-corrected chi connectivity index (χ1v) is 11.4. The van der Waals surface area contributed by atoms with Crippen molar-refractivity contribution in [3.05, 3.63) is 57.8 Å². The van der Waals surface area contributed by atoms with Crippen molar-refractivity contribution in [3.63, 3.8) is 0 Å². The van der Waals surface area contributed by atoms with Crippen molar-refractivity contribution in [2.24, 2.45) is 5.92 Å². The molecule has 1 atom stereocenters. The molecule has 30 heavy (non-hydrogen) atoms. The minimum atomic E-state index is -0.817. The second-order valence-corrected chi connectivity index (χ2v) is 9.21. The largest absolute Gasteiger partial charge is 0.453 e. The Labute approximate surface area is 182 Å². The van der Waals surface area contributed by atoms with E-state index in [0.717, 1.165) is 24.1 Å². The average molecular weight is 428 g/mol. The van der Waals surface area contributed by atoms with E-state index in [-0.39, 0.29) is 24.5 Å². The van der Waals surface area contributed by atoms with E-state index in [1.54, 1.807) is 17.9 Å². The molecule has 1 aliphatic heterocycles. The maximum atomic E-state index is 12.6. The lowest BCUT2D eigenvalue weighted by molar-refractivity contribution is -0.159. The molecule has 0 radical (unpaired) electrons. The molecular weight excluding hydrogens is 398 g/mol. The Morgan fingerprint density at radius 3 is 2.40 bits per heavy atom. The lowest BCUT2D eigenvalue weighted by Gasteiger charge is -2.33. The fourth-order valence-corrected chi connectivity index (χ4v) is 4.63. The van der Waals surface area contributed by atoms with Gasteiger partial charge in [-0.05, 0) is 56.7 Å². The van der Waals surface area contributed by atoms with Crippen LogP contribution < -0.4 is 0 Å². The zero-order valence-corrected chi connectivity index (χ0v) is 18.5. The van der Waals surface area contributed by atoms with Gasteiger partial charge in [-0.25, -0.2) is 0 Å². The first kappa shape index (κ1) is 22.2. The number of esters is 1. The molecule has 0 spiro atoms.